The normalized spacial score (nSPS) is 18.4. The topological polar surface area (TPSA) is 108 Å². The number of hydrogen-bond donors (Lipinski definition) is 0. The van der Waals surface area contributed by atoms with Gasteiger partial charge in [0, 0.05) is 76.3 Å². The van der Waals surface area contributed by atoms with Gasteiger partial charge in [-0.2, -0.15) is 0 Å². The second-order valence-electron chi connectivity index (χ2n) is 19.9. The molecule has 0 bridgehead atoms. The smallest absolute Gasteiger partial charge is 0.494 e. The van der Waals surface area contributed by atoms with Crippen LogP contribution in [0.1, 0.15) is 89.2 Å². The van der Waals surface area contributed by atoms with Crippen LogP contribution in [0.15, 0.2) is 72.8 Å². The lowest BCUT2D eigenvalue weighted by Gasteiger charge is -2.36. The van der Waals surface area contributed by atoms with E-state index in [2.05, 4.69) is 33.4 Å². The molecule has 2 fully saturated rings. The summed E-state index contributed by atoms with van der Waals surface area (Å²) in [5.74, 6) is 0.632. The molecule has 17 heteroatoms. The number of carbonyl (C=O) groups is 3. The SMILES string of the molecule is CCCCC1Cc2ccc(OCCCCN3CCN(c4cccc(Cl)c4Cl)CC3)cc2N(COC(=O)OCN2C(=O)C(CCCC)Cc3ccc(OCCCCN4CCN(c5cccc(Cl)c5Cl)CC4)cc32)C1=O. The molecule has 13 nitrogen and oxygen atoms in total. The molecule has 4 aliphatic heterocycles. The van der Waals surface area contributed by atoms with Gasteiger partial charge in [-0.15, -0.1) is 0 Å². The highest BCUT2D eigenvalue weighted by molar-refractivity contribution is 6.44. The molecule has 4 aromatic carbocycles. The molecule has 2 amide bonds. The number of carbonyl (C=O) groups excluding carboxylic acids is 3. The van der Waals surface area contributed by atoms with Gasteiger partial charge in [0.25, 0.3) is 0 Å². The highest BCUT2D eigenvalue weighted by Gasteiger charge is 2.36. The van der Waals surface area contributed by atoms with Crippen molar-refractivity contribution in [3.05, 3.63) is 104 Å². The van der Waals surface area contributed by atoms with E-state index in [1.165, 1.54) is 9.80 Å². The number of anilines is 4. The fourth-order valence-corrected chi connectivity index (χ4v) is 11.4. The first-order chi connectivity index (χ1) is 36.0. The van der Waals surface area contributed by atoms with Gasteiger partial charge in [0.2, 0.25) is 11.8 Å². The molecule has 4 aliphatic rings. The van der Waals surface area contributed by atoms with Gasteiger partial charge in [0.05, 0.1) is 56.1 Å². The molecule has 0 N–H and O–H groups in total. The number of amides is 2. The average molecular weight is 1100 g/mol. The van der Waals surface area contributed by atoms with Crippen molar-refractivity contribution in [2.45, 2.75) is 90.9 Å². The standard InChI is InChI=1S/C57H72Cl4N6O7/c1-3-5-13-43-35-41-19-21-45(71-33-9-7-23-62-25-29-64(30-26-62)49-17-11-15-47(58)53(49)60)37-51(41)66(55(43)68)39-73-57(70)74-40-67-52-38-46(22-20-42(52)36-44(56(67)69)14-6-4-2)72-34-10-8-24-63-27-31-65(32-28-63)50-18-12-16-48(59)54(50)61/h11-12,15-22,37-38,43-44H,3-10,13-14,23-36,39-40H2,1-2H3. The van der Waals surface area contributed by atoms with Crippen LogP contribution in [0.5, 0.6) is 11.5 Å². The monoisotopic (exact) mass is 1090 g/mol. The van der Waals surface area contributed by atoms with Crippen LogP contribution in [0.2, 0.25) is 20.1 Å². The highest BCUT2D eigenvalue weighted by atomic mass is 35.5. The first-order valence-electron chi connectivity index (χ1n) is 26.8. The Morgan fingerprint density at radius 2 is 0.946 bits per heavy atom. The number of benzene rings is 4. The second-order valence-corrected chi connectivity index (χ2v) is 21.5. The van der Waals surface area contributed by atoms with Crippen molar-refractivity contribution in [3.8, 4) is 11.5 Å². The van der Waals surface area contributed by atoms with E-state index in [1.54, 1.807) is 0 Å². The van der Waals surface area contributed by atoms with E-state index in [4.69, 9.17) is 65.4 Å². The number of unbranched alkanes of at least 4 members (excludes halogenated alkanes) is 4. The summed E-state index contributed by atoms with van der Waals surface area (Å²) in [6.07, 6.45) is 9.17. The van der Waals surface area contributed by atoms with Gasteiger partial charge in [-0.1, -0.05) is 110 Å². The molecule has 4 heterocycles. The first kappa shape index (κ1) is 55.6. The Morgan fingerprint density at radius 3 is 1.35 bits per heavy atom. The summed E-state index contributed by atoms with van der Waals surface area (Å²) in [6, 6.07) is 23.2. The summed E-state index contributed by atoms with van der Waals surface area (Å²) in [7, 11) is 0. The van der Waals surface area contributed by atoms with Gasteiger partial charge in [0.1, 0.15) is 11.5 Å². The Hall–Kier alpha value is -4.63. The molecule has 2 saturated heterocycles. The van der Waals surface area contributed by atoms with Gasteiger partial charge in [-0.25, -0.2) is 4.79 Å². The number of nitrogens with zero attached hydrogens (tertiary/aromatic N) is 6. The molecule has 0 saturated carbocycles. The van der Waals surface area contributed by atoms with Gasteiger partial charge >= 0.3 is 6.16 Å². The van der Waals surface area contributed by atoms with Gasteiger partial charge in [0.15, 0.2) is 13.5 Å². The third-order valence-electron chi connectivity index (χ3n) is 14.9. The van der Waals surface area contributed by atoms with E-state index in [1.807, 2.05) is 72.8 Å². The van der Waals surface area contributed by atoms with E-state index in [9.17, 15) is 14.4 Å². The average Bonchev–Trinajstić information content (AvgIpc) is 3.41. The summed E-state index contributed by atoms with van der Waals surface area (Å²) < 4.78 is 23.9. The van der Waals surface area contributed by atoms with Gasteiger partial charge in [-0.05, 0) is 112 Å². The Bertz CT molecular complexity index is 2350. The van der Waals surface area contributed by atoms with E-state index in [0.29, 0.717) is 69.0 Å². The molecule has 400 valence electrons. The van der Waals surface area contributed by atoms with Crippen LogP contribution in [-0.4, -0.2) is 120 Å². The van der Waals surface area contributed by atoms with Crippen molar-refractivity contribution in [1.82, 2.24) is 9.80 Å². The molecule has 2 unspecified atom stereocenters. The lowest BCUT2D eigenvalue weighted by Crippen LogP contribution is -2.46. The Balaban J connectivity index is 0.815. The predicted octanol–water partition coefficient (Wildman–Crippen LogP) is 12.4. The molecular weight excluding hydrogens is 1020 g/mol. The minimum Gasteiger partial charge on any atom is -0.494 e. The summed E-state index contributed by atoms with van der Waals surface area (Å²) in [5.41, 5.74) is 5.28. The van der Waals surface area contributed by atoms with Crippen molar-refractivity contribution in [2.75, 3.05) is 112 Å². The maximum Gasteiger partial charge on any atom is 0.511 e. The van der Waals surface area contributed by atoms with E-state index in [-0.39, 0.29) is 37.1 Å². The lowest BCUT2D eigenvalue weighted by atomic mass is 9.88. The molecule has 0 radical (unpaired) electrons. The van der Waals surface area contributed by atoms with E-state index >= 15 is 0 Å². The molecule has 0 aliphatic carbocycles. The predicted molar refractivity (Wildman–Crippen MR) is 298 cm³/mol. The van der Waals surface area contributed by atoms with Crippen molar-refractivity contribution in [3.63, 3.8) is 0 Å². The van der Waals surface area contributed by atoms with Crippen LogP contribution in [0.4, 0.5) is 27.5 Å². The fraction of sp³-hybridized carbons (Fsp3) is 0.526. The second kappa shape index (κ2) is 27.4. The van der Waals surface area contributed by atoms with Crippen LogP contribution >= 0.6 is 46.4 Å². The third kappa shape index (κ3) is 14.4. The van der Waals surface area contributed by atoms with Crippen molar-refractivity contribution < 1.29 is 33.3 Å². The summed E-state index contributed by atoms with van der Waals surface area (Å²) in [5, 5.41) is 2.36. The number of fused-ring (bicyclic) bond motifs is 2. The highest BCUT2D eigenvalue weighted by Crippen LogP contribution is 2.39. The molecule has 8 rings (SSSR count). The number of halogens is 4. The minimum absolute atomic E-state index is 0.0985. The Labute approximate surface area is 457 Å². The first-order valence-corrected chi connectivity index (χ1v) is 28.3. The zero-order valence-electron chi connectivity index (χ0n) is 43.0. The fourth-order valence-electron chi connectivity index (χ4n) is 10.5. The Kier molecular flexibility index (Phi) is 20.6. The van der Waals surface area contributed by atoms with Gasteiger partial charge < -0.3 is 28.7 Å². The van der Waals surface area contributed by atoms with E-state index in [0.717, 1.165) is 152 Å². The van der Waals surface area contributed by atoms with Crippen LogP contribution in [0, 0.1) is 11.8 Å². The molecule has 4 aromatic rings. The maximum absolute atomic E-state index is 14.1. The zero-order valence-corrected chi connectivity index (χ0v) is 46.0. The number of rotatable bonds is 24. The summed E-state index contributed by atoms with van der Waals surface area (Å²) in [4.78, 5) is 54.1. The number of ether oxygens (including phenoxy) is 4. The summed E-state index contributed by atoms with van der Waals surface area (Å²) in [6.45, 7) is 13.9. The molecule has 0 spiro atoms. The molecule has 2 atom stereocenters. The maximum atomic E-state index is 14.1. The minimum atomic E-state index is -0.968. The molecular formula is C57H72Cl4N6O7. The van der Waals surface area contributed by atoms with Gasteiger partial charge in [-0.3, -0.25) is 29.2 Å². The van der Waals surface area contributed by atoms with Crippen LogP contribution < -0.4 is 29.1 Å². The number of hydrogen-bond acceptors (Lipinski definition) is 11. The lowest BCUT2D eigenvalue weighted by molar-refractivity contribution is -0.124. The molecule has 0 aromatic heterocycles. The van der Waals surface area contributed by atoms with Crippen LogP contribution in [0.3, 0.4) is 0 Å². The van der Waals surface area contributed by atoms with Crippen molar-refractivity contribution in [1.29, 1.82) is 0 Å². The van der Waals surface area contributed by atoms with Crippen molar-refractivity contribution in [2.24, 2.45) is 11.8 Å². The van der Waals surface area contributed by atoms with Crippen LogP contribution in [-0.2, 0) is 31.9 Å². The van der Waals surface area contributed by atoms with Crippen LogP contribution in [0.25, 0.3) is 0 Å². The zero-order chi connectivity index (χ0) is 52.0. The quantitative estimate of drug-likeness (QED) is 0.0494. The molecule has 74 heavy (non-hydrogen) atoms. The largest absolute Gasteiger partial charge is 0.511 e. The summed E-state index contributed by atoms with van der Waals surface area (Å²) >= 11 is 25.5. The number of piperazine rings is 2. The van der Waals surface area contributed by atoms with E-state index < -0.39 is 6.16 Å². The Morgan fingerprint density at radius 1 is 0.527 bits per heavy atom. The van der Waals surface area contributed by atoms with Crippen molar-refractivity contribution >= 4 is 87.1 Å². The third-order valence-corrected chi connectivity index (χ3v) is 16.5.